The average molecular weight is 467 g/mol. The van der Waals surface area contributed by atoms with Gasteiger partial charge in [0.05, 0.1) is 7.11 Å². The summed E-state index contributed by atoms with van der Waals surface area (Å²) in [5, 5.41) is 0. The largest absolute Gasteiger partial charge is 0.481 e. The molecule has 1 saturated heterocycles. The van der Waals surface area contributed by atoms with E-state index in [1.54, 1.807) is 24.8 Å². The molecule has 1 aliphatic heterocycles. The number of nitrogens with zero attached hydrogens (tertiary/aromatic N) is 2. The van der Waals surface area contributed by atoms with Gasteiger partial charge in [-0.3, -0.25) is 4.79 Å². The van der Waals surface area contributed by atoms with Gasteiger partial charge in [0.2, 0.25) is 5.88 Å². The van der Waals surface area contributed by atoms with Gasteiger partial charge in [-0.1, -0.05) is 72.7 Å². The first-order valence-electron chi connectivity index (χ1n) is 12.5. The Balaban J connectivity index is 1.36. The fraction of sp³-hybridized carbons (Fsp3) is 0.355. The number of allylic oxidation sites excluding steroid dienone is 1. The van der Waals surface area contributed by atoms with Crippen LogP contribution in [0.25, 0.3) is 5.57 Å². The lowest BCUT2D eigenvalue weighted by atomic mass is 9.59. The molecule has 5 rings (SSSR count). The van der Waals surface area contributed by atoms with Crippen molar-refractivity contribution in [2.24, 2.45) is 5.41 Å². The monoisotopic (exact) mass is 466 g/mol. The van der Waals surface area contributed by atoms with Gasteiger partial charge in [0, 0.05) is 31.0 Å². The average Bonchev–Trinajstić information content (AvgIpc) is 2.83. The van der Waals surface area contributed by atoms with Crippen molar-refractivity contribution in [3.05, 3.63) is 100 Å². The number of ether oxygens (including phenoxy) is 1. The minimum atomic E-state index is 0.0353. The number of carbonyl (C=O) groups excluding carboxylic acids is 1. The van der Waals surface area contributed by atoms with Gasteiger partial charge in [0.15, 0.2) is 5.78 Å². The van der Waals surface area contributed by atoms with Crippen molar-refractivity contribution in [2.75, 3.05) is 27.2 Å². The lowest BCUT2D eigenvalue weighted by molar-refractivity contribution is -0.0106. The highest BCUT2D eigenvalue weighted by Gasteiger charge is 2.49. The second-order valence-corrected chi connectivity index (χ2v) is 10.6. The maximum Gasteiger partial charge on any atom is 0.213 e. The Labute approximate surface area is 208 Å². The molecule has 35 heavy (non-hydrogen) atoms. The van der Waals surface area contributed by atoms with E-state index in [9.17, 15) is 4.79 Å². The van der Waals surface area contributed by atoms with E-state index in [1.165, 1.54) is 53.8 Å². The second kappa shape index (κ2) is 9.43. The van der Waals surface area contributed by atoms with Gasteiger partial charge in [0.1, 0.15) is 5.69 Å². The van der Waals surface area contributed by atoms with Gasteiger partial charge in [-0.25, -0.2) is 4.98 Å². The summed E-state index contributed by atoms with van der Waals surface area (Å²) in [6.07, 6.45) is 2.81. The van der Waals surface area contributed by atoms with E-state index < -0.39 is 0 Å². The maximum absolute atomic E-state index is 12.8. The van der Waals surface area contributed by atoms with Gasteiger partial charge in [-0.15, -0.1) is 0 Å². The summed E-state index contributed by atoms with van der Waals surface area (Å²) in [6.45, 7) is 6.67. The molecule has 4 nitrogen and oxygen atoms in total. The zero-order valence-electron chi connectivity index (χ0n) is 21.2. The molecule has 1 aliphatic carbocycles. The standard InChI is InChI=1S/C31H34N2O2/c1-21-8-10-24(11-9-21)30(26-17-31(18-26)19-33(3)20-31)25-14-12-23(13-15-25)22(2)16-28(34)27-6-5-7-29(32-27)35-4/h5-15,22H,16-20H2,1-4H3. The number of likely N-dealkylation sites (tertiary alicyclic amines) is 1. The van der Waals surface area contributed by atoms with Crippen LogP contribution in [0, 0.1) is 12.3 Å². The van der Waals surface area contributed by atoms with Crippen molar-refractivity contribution in [1.82, 2.24) is 9.88 Å². The summed E-state index contributed by atoms with van der Waals surface area (Å²) in [5.41, 5.74) is 8.94. The molecule has 0 N–H and O–H groups in total. The van der Waals surface area contributed by atoms with Crippen molar-refractivity contribution >= 4 is 11.4 Å². The minimum absolute atomic E-state index is 0.0353. The first-order chi connectivity index (χ1) is 16.9. The third-order valence-corrected chi connectivity index (χ3v) is 7.56. The normalized spacial score (nSPS) is 17.4. The third kappa shape index (κ3) is 4.81. The molecule has 180 valence electrons. The Hall–Kier alpha value is -3.24. The number of benzene rings is 2. The van der Waals surface area contributed by atoms with E-state index in [0.29, 0.717) is 23.4 Å². The summed E-state index contributed by atoms with van der Waals surface area (Å²) in [7, 11) is 3.78. The van der Waals surface area contributed by atoms with Crippen molar-refractivity contribution in [3.63, 3.8) is 0 Å². The van der Waals surface area contributed by atoms with Crippen LogP contribution in [0.5, 0.6) is 5.88 Å². The van der Waals surface area contributed by atoms with E-state index in [2.05, 4.69) is 79.3 Å². The fourth-order valence-corrected chi connectivity index (χ4v) is 5.81. The molecule has 1 saturated carbocycles. The number of Topliss-reactive ketones (excluding diaryl/α,β-unsaturated/α-hetero) is 1. The summed E-state index contributed by atoms with van der Waals surface area (Å²) in [6, 6.07) is 23.1. The lowest BCUT2D eigenvalue weighted by Gasteiger charge is -2.56. The topological polar surface area (TPSA) is 42.4 Å². The number of methoxy groups -OCH3 is 1. The van der Waals surface area contributed by atoms with Crippen LogP contribution >= 0.6 is 0 Å². The Kier molecular flexibility index (Phi) is 6.33. The molecule has 1 spiro atoms. The zero-order chi connectivity index (χ0) is 24.6. The first-order valence-corrected chi connectivity index (χ1v) is 12.5. The number of hydrogen-bond acceptors (Lipinski definition) is 4. The fourth-order valence-electron chi connectivity index (χ4n) is 5.81. The van der Waals surface area contributed by atoms with Gasteiger partial charge in [0.25, 0.3) is 0 Å². The predicted molar refractivity (Wildman–Crippen MR) is 141 cm³/mol. The molecule has 0 amide bonds. The lowest BCUT2D eigenvalue weighted by Crippen LogP contribution is -2.58. The Morgan fingerprint density at radius 1 is 1.00 bits per heavy atom. The van der Waals surface area contributed by atoms with Crippen LogP contribution in [-0.4, -0.2) is 42.9 Å². The molecule has 2 aromatic carbocycles. The van der Waals surface area contributed by atoms with Crippen LogP contribution < -0.4 is 4.74 Å². The molecule has 1 atom stereocenters. The van der Waals surface area contributed by atoms with Crippen LogP contribution in [-0.2, 0) is 0 Å². The van der Waals surface area contributed by atoms with Crippen LogP contribution in [0.4, 0.5) is 0 Å². The summed E-state index contributed by atoms with van der Waals surface area (Å²) >= 11 is 0. The number of pyridine rings is 1. The number of aryl methyl sites for hydroxylation is 1. The van der Waals surface area contributed by atoms with Crippen LogP contribution in [0.1, 0.15) is 64.8 Å². The van der Waals surface area contributed by atoms with E-state index in [4.69, 9.17) is 4.74 Å². The van der Waals surface area contributed by atoms with Crippen molar-refractivity contribution in [1.29, 1.82) is 0 Å². The number of aromatic nitrogens is 1. The van der Waals surface area contributed by atoms with Crippen molar-refractivity contribution in [3.8, 4) is 5.88 Å². The molecular weight excluding hydrogens is 432 g/mol. The molecule has 1 aromatic heterocycles. The number of carbonyl (C=O) groups is 1. The van der Waals surface area contributed by atoms with Crippen molar-refractivity contribution in [2.45, 2.75) is 39.0 Å². The molecule has 0 radical (unpaired) electrons. The third-order valence-electron chi connectivity index (χ3n) is 7.56. The predicted octanol–water partition coefficient (Wildman–Crippen LogP) is 6.30. The van der Waals surface area contributed by atoms with E-state index in [0.717, 1.165) is 0 Å². The van der Waals surface area contributed by atoms with Crippen LogP contribution in [0.3, 0.4) is 0 Å². The molecule has 1 unspecified atom stereocenters. The van der Waals surface area contributed by atoms with Gasteiger partial charge < -0.3 is 9.64 Å². The molecule has 3 aromatic rings. The molecule has 2 fully saturated rings. The maximum atomic E-state index is 12.8. The molecule has 2 heterocycles. The minimum Gasteiger partial charge on any atom is -0.481 e. The second-order valence-electron chi connectivity index (χ2n) is 10.6. The summed E-state index contributed by atoms with van der Waals surface area (Å²) in [5.74, 6) is 0.613. The van der Waals surface area contributed by atoms with Gasteiger partial charge >= 0.3 is 0 Å². The van der Waals surface area contributed by atoms with E-state index >= 15 is 0 Å². The smallest absolute Gasteiger partial charge is 0.213 e. The van der Waals surface area contributed by atoms with Gasteiger partial charge in [-0.2, -0.15) is 0 Å². The summed E-state index contributed by atoms with van der Waals surface area (Å²) in [4.78, 5) is 19.5. The first kappa shape index (κ1) is 23.5. The molecular formula is C31H34N2O2. The Morgan fingerprint density at radius 3 is 2.23 bits per heavy atom. The molecule has 0 bridgehead atoms. The van der Waals surface area contributed by atoms with Gasteiger partial charge in [-0.05, 0) is 61.1 Å². The highest BCUT2D eigenvalue weighted by atomic mass is 16.5. The highest BCUT2D eigenvalue weighted by molar-refractivity contribution is 5.94. The quantitative estimate of drug-likeness (QED) is 0.383. The Morgan fingerprint density at radius 2 is 1.63 bits per heavy atom. The summed E-state index contributed by atoms with van der Waals surface area (Å²) < 4.78 is 5.17. The SMILES string of the molecule is COc1cccc(C(=O)CC(C)c2ccc(C(=C3CC4(C3)CN(C)C4)c3ccc(C)cc3)cc2)n1. The number of hydrogen-bond donors (Lipinski definition) is 0. The highest BCUT2D eigenvalue weighted by Crippen LogP contribution is 2.54. The molecule has 4 heteroatoms. The molecule has 2 aliphatic rings. The van der Waals surface area contributed by atoms with E-state index in [1.807, 2.05) is 6.07 Å². The van der Waals surface area contributed by atoms with Crippen LogP contribution in [0.2, 0.25) is 0 Å². The number of rotatable bonds is 7. The zero-order valence-corrected chi connectivity index (χ0v) is 21.2. The number of ketones is 1. The van der Waals surface area contributed by atoms with Crippen LogP contribution in [0.15, 0.2) is 72.3 Å². The Bertz CT molecular complexity index is 1240. The van der Waals surface area contributed by atoms with Crippen molar-refractivity contribution < 1.29 is 9.53 Å². The van der Waals surface area contributed by atoms with E-state index in [-0.39, 0.29) is 11.7 Å².